The molecule has 3 aromatic rings. The first-order valence-corrected chi connectivity index (χ1v) is 16.0. The van der Waals surface area contributed by atoms with Crippen molar-refractivity contribution in [3.05, 3.63) is 88.0 Å². The maximum absolute atomic E-state index is 9.11. The summed E-state index contributed by atoms with van der Waals surface area (Å²) in [5.41, 5.74) is 6.82. The zero-order chi connectivity index (χ0) is 31.9. The normalized spacial score (nSPS) is 16.3. The third-order valence-electron chi connectivity index (χ3n) is 9.44. The van der Waals surface area contributed by atoms with Crippen LogP contribution >= 0.6 is 0 Å². The Hall–Kier alpha value is -4.59. The van der Waals surface area contributed by atoms with Gasteiger partial charge in [0.2, 0.25) is 0 Å². The first kappa shape index (κ1) is 31.4. The van der Waals surface area contributed by atoms with Crippen LogP contribution in [0.25, 0.3) is 0 Å². The van der Waals surface area contributed by atoms with E-state index in [1.807, 2.05) is 0 Å². The molecule has 0 atom stereocenters. The van der Waals surface area contributed by atoms with Gasteiger partial charge in [0.25, 0.3) is 0 Å². The van der Waals surface area contributed by atoms with Gasteiger partial charge in [0.15, 0.2) is 0 Å². The number of nitriles is 3. The van der Waals surface area contributed by atoms with E-state index in [1.165, 1.54) is 16.7 Å². The standard InChI is InChI=1S/C37H40N6O3/c1-37(32-6-9-35-30(20-32)23-42(26-45-35)17-3-14-39,33-7-10-36-31(21-33)24-43(27-46-36)18-4-15-40)12-11-28-5-8-34-29(19-28)22-41(25-44-34)16-2-13-38/h5-10,19-21H,2-4,11-12,16-18,22-27H2,1H3. The van der Waals surface area contributed by atoms with Gasteiger partial charge in [-0.3, -0.25) is 14.7 Å². The lowest BCUT2D eigenvalue weighted by molar-refractivity contribution is 0.0973. The molecule has 0 amide bonds. The number of ether oxygens (including phenoxy) is 3. The molecule has 0 bridgehead atoms. The third-order valence-corrected chi connectivity index (χ3v) is 9.44. The molecule has 236 valence electrons. The lowest BCUT2D eigenvalue weighted by atomic mass is 9.71. The zero-order valence-electron chi connectivity index (χ0n) is 26.5. The fraction of sp³-hybridized carbons (Fsp3) is 0.432. The number of rotatable bonds is 11. The maximum Gasteiger partial charge on any atom is 0.142 e. The predicted octanol–water partition coefficient (Wildman–Crippen LogP) is 5.82. The second-order valence-corrected chi connectivity index (χ2v) is 12.6. The first-order chi connectivity index (χ1) is 22.5. The van der Waals surface area contributed by atoms with Gasteiger partial charge < -0.3 is 14.2 Å². The Morgan fingerprint density at radius 2 is 1.02 bits per heavy atom. The van der Waals surface area contributed by atoms with Crippen LogP contribution in [0.2, 0.25) is 0 Å². The quantitative estimate of drug-likeness (QED) is 0.263. The monoisotopic (exact) mass is 616 g/mol. The second kappa shape index (κ2) is 14.2. The van der Waals surface area contributed by atoms with E-state index in [-0.39, 0.29) is 5.41 Å². The minimum Gasteiger partial charge on any atom is -0.478 e. The van der Waals surface area contributed by atoms with Gasteiger partial charge in [-0.15, -0.1) is 0 Å². The minimum absolute atomic E-state index is 0.320. The highest BCUT2D eigenvalue weighted by Crippen LogP contribution is 2.42. The van der Waals surface area contributed by atoms with Crippen molar-refractivity contribution in [1.29, 1.82) is 15.8 Å². The van der Waals surface area contributed by atoms with Gasteiger partial charge >= 0.3 is 0 Å². The molecule has 46 heavy (non-hydrogen) atoms. The number of aryl methyl sites for hydroxylation is 1. The van der Waals surface area contributed by atoms with Gasteiger partial charge in [-0.2, -0.15) is 15.8 Å². The van der Waals surface area contributed by atoms with Crippen molar-refractivity contribution >= 4 is 0 Å². The summed E-state index contributed by atoms with van der Waals surface area (Å²) < 4.78 is 18.1. The summed E-state index contributed by atoms with van der Waals surface area (Å²) in [5.74, 6) is 2.73. The van der Waals surface area contributed by atoms with Crippen molar-refractivity contribution in [3.8, 4) is 35.5 Å². The molecule has 0 unspecified atom stereocenters. The van der Waals surface area contributed by atoms with E-state index in [9.17, 15) is 0 Å². The Kier molecular flexibility index (Phi) is 9.71. The van der Waals surface area contributed by atoms with Gasteiger partial charge in [-0.25, -0.2) is 0 Å². The Morgan fingerprint density at radius 3 is 1.46 bits per heavy atom. The molecule has 0 radical (unpaired) electrons. The van der Waals surface area contributed by atoms with E-state index in [1.54, 1.807) is 0 Å². The number of fused-ring (bicyclic) bond motifs is 3. The van der Waals surface area contributed by atoms with Crippen molar-refractivity contribution in [2.45, 2.75) is 64.1 Å². The van der Waals surface area contributed by atoms with Gasteiger partial charge in [0.1, 0.15) is 37.4 Å². The van der Waals surface area contributed by atoms with Crippen LogP contribution in [0.4, 0.5) is 0 Å². The Bertz CT molecular complexity index is 1610. The maximum atomic E-state index is 9.11. The smallest absolute Gasteiger partial charge is 0.142 e. The average molecular weight is 617 g/mol. The molecule has 0 saturated heterocycles. The van der Waals surface area contributed by atoms with E-state index in [4.69, 9.17) is 30.0 Å². The Morgan fingerprint density at radius 1 is 0.609 bits per heavy atom. The molecular formula is C37H40N6O3. The lowest BCUT2D eigenvalue weighted by Gasteiger charge is -2.36. The summed E-state index contributed by atoms with van der Waals surface area (Å²) >= 11 is 0. The molecule has 3 aromatic carbocycles. The van der Waals surface area contributed by atoms with Crippen LogP contribution in [-0.2, 0) is 31.5 Å². The molecule has 6 rings (SSSR count). The minimum atomic E-state index is -0.320. The first-order valence-electron chi connectivity index (χ1n) is 16.0. The Labute approximate surface area is 271 Å². The molecule has 0 fully saturated rings. The van der Waals surface area contributed by atoms with Crippen molar-refractivity contribution in [1.82, 2.24) is 14.7 Å². The molecule has 0 aliphatic carbocycles. The summed E-state index contributed by atoms with van der Waals surface area (Å²) in [4.78, 5) is 6.52. The summed E-state index contributed by atoms with van der Waals surface area (Å²) in [7, 11) is 0. The average Bonchev–Trinajstić information content (AvgIpc) is 3.10. The highest BCUT2D eigenvalue weighted by molar-refractivity contribution is 5.49. The van der Waals surface area contributed by atoms with E-state index in [2.05, 4.69) is 94.4 Å². The van der Waals surface area contributed by atoms with Crippen molar-refractivity contribution in [2.24, 2.45) is 0 Å². The fourth-order valence-electron chi connectivity index (χ4n) is 6.67. The molecular weight excluding hydrogens is 576 g/mol. The predicted molar refractivity (Wildman–Crippen MR) is 173 cm³/mol. The van der Waals surface area contributed by atoms with Crippen LogP contribution in [0.15, 0.2) is 54.6 Å². The zero-order valence-corrected chi connectivity index (χ0v) is 26.5. The van der Waals surface area contributed by atoms with Crippen LogP contribution < -0.4 is 14.2 Å². The Balaban J connectivity index is 1.30. The lowest BCUT2D eigenvalue weighted by Crippen LogP contribution is -2.34. The molecule has 0 saturated carbocycles. The largest absolute Gasteiger partial charge is 0.478 e. The fourth-order valence-corrected chi connectivity index (χ4v) is 6.67. The highest BCUT2D eigenvalue weighted by Gasteiger charge is 2.32. The van der Waals surface area contributed by atoms with Crippen LogP contribution in [0.3, 0.4) is 0 Å². The molecule has 9 heteroatoms. The summed E-state index contributed by atoms with van der Waals surface area (Å²) in [6.45, 7) is 8.17. The van der Waals surface area contributed by atoms with Crippen LogP contribution in [0.5, 0.6) is 17.2 Å². The van der Waals surface area contributed by atoms with E-state index >= 15 is 0 Å². The second-order valence-electron chi connectivity index (χ2n) is 12.6. The van der Waals surface area contributed by atoms with Gasteiger partial charge in [-0.1, -0.05) is 31.2 Å². The molecule has 0 spiro atoms. The topological polar surface area (TPSA) is 109 Å². The molecule has 3 heterocycles. The summed E-state index contributed by atoms with van der Waals surface area (Å²) in [6.07, 6.45) is 3.17. The third kappa shape index (κ3) is 6.96. The van der Waals surface area contributed by atoms with E-state index in [0.717, 1.165) is 66.4 Å². The summed E-state index contributed by atoms with van der Waals surface area (Å²) in [6, 6.07) is 26.4. The molecule has 3 aliphatic heterocycles. The van der Waals surface area contributed by atoms with E-state index in [0.29, 0.717) is 59.1 Å². The van der Waals surface area contributed by atoms with Crippen molar-refractivity contribution < 1.29 is 14.2 Å². The van der Waals surface area contributed by atoms with Crippen LogP contribution in [0, 0.1) is 34.0 Å². The summed E-state index contributed by atoms with van der Waals surface area (Å²) in [5, 5.41) is 27.3. The SMILES string of the molecule is CC(CCc1ccc2c(c1)CN(CCC#N)CO2)(c1ccc2c(c1)CN(CCC#N)CO2)c1ccc2c(c1)CN(CCC#N)CO2. The van der Waals surface area contributed by atoms with Gasteiger partial charge in [0.05, 0.1) is 18.2 Å². The number of hydrogen-bond acceptors (Lipinski definition) is 9. The molecule has 9 nitrogen and oxygen atoms in total. The highest BCUT2D eigenvalue weighted by atomic mass is 16.5. The molecule has 0 aromatic heterocycles. The van der Waals surface area contributed by atoms with Gasteiger partial charge in [0, 0.05) is 80.6 Å². The van der Waals surface area contributed by atoms with Gasteiger partial charge in [-0.05, 0) is 59.9 Å². The van der Waals surface area contributed by atoms with Crippen LogP contribution in [0.1, 0.15) is 66.0 Å². The van der Waals surface area contributed by atoms with E-state index < -0.39 is 0 Å². The molecule has 3 aliphatic rings. The van der Waals surface area contributed by atoms with Crippen molar-refractivity contribution in [3.63, 3.8) is 0 Å². The van der Waals surface area contributed by atoms with Crippen molar-refractivity contribution in [2.75, 3.05) is 39.8 Å². The van der Waals surface area contributed by atoms with Crippen LogP contribution in [-0.4, -0.2) is 54.5 Å². The number of nitrogens with zero attached hydrogens (tertiary/aromatic N) is 6. The number of hydrogen-bond donors (Lipinski definition) is 0. The number of benzene rings is 3. The molecule has 0 N–H and O–H groups in total.